The molecule has 0 unspecified atom stereocenters. The van der Waals surface area contributed by atoms with Gasteiger partial charge in [0.15, 0.2) is 0 Å². The van der Waals surface area contributed by atoms with E-state index < -0.39 is 0 Å². The van der Waals surface area contributed by atoms with Crippen molar-refractivity contribution >= 4 is 11.8 Å². The van der Waals surface area contributed by atoms with Crippen LogP contribution in [0.5, 0.6) is 0 Å². The maximum atomic E-state index is 11.7. The summed E-state index contributed by atoms with van der Waals surface area (Å²) < 4.78 is 0. The molecule has 0 fully saturated rings. The largest absolute Gasteiger partial charge is 0.345 e. The lowest BCUT2D eigenvalue weighted by Crippen LogP contribution is -2.25. The summed E-state index contributed by atoms with van der Waals surface area (Å²) in [7, 11) is 3.32. The highest BCUT2D eigenvalue weighted by atomic mass is 16.2. The first-order valence-electron chi connectivity index (χ1n) is 5.09. The Hall–Kier alpha value is -2.28. The molecule has 0 aliphatic heterocycles. The molecule has 4 nitrogen and oxygen atoms in total. The molecule has 88 valence electrons. The normalized spacial score (nSPS) is 9.24. The summed E-state index contributed by atoms with van der Waals surface area (Å²) in [5, 5.41) is 2.54. The van der Waals surface area contributed by atoms with Crippen molar-refractivity contribution in [1.82, 2.24) is 10.2 Å². The van der Waals surface area contributed by atoms with Crippen molar-refractivity contribution < 1.29 is 9.59 Å². The maximum Gasteiger partial charge on any atom is 0.253 e. The molecule has 4 heteroatoms. The third kappa shape index (κ3) is 3.35. The Bertz CT molecular complexity index is 473. The number of amides is 2. The second kappa shape index (κ2) is 5.71. The molecule has 1 N–H and O–H groups in total. The quantitative estimate of drug-likeness (QED) is 0.779. The number of rotatable bonds is 3. The van der Waals surface area contributed by atoms with Gasteiger partial charge in [0, 0.05) is 25.2 Å². The number of carbonyl (C=O) groups is 2. The zero-order valence-electron chi connectivity index (χ0n) is 9.86. The molecular formula is C13H14N2O2. The van der Waals surface area contributed by atoms with Crippen molar-refractivity contribution in [2.45, 2.75) is 0 Å². The first kappa shape index (κ1) is 12.8. The Balaban J connectivity index is 2.90. The van der Waals surface area contributed by atoms with Gasteiger partial charge in [-0.15, -0.1) is 6.42 Å². The second-order valence-electron chi connectivity index (χ2n) is 3.67. The van der Waals surface area contributed by atoms with Gasteiger partial charge in [0.05, 0.1) is 6.54 Å². The summed E-state index contributed by atoms with van der Waals surface area (Å²) in [4.78, 5) is 24.8. The van der Waals surface area contributed by atoms with Crippen LogP contribution in [0.25, 0.3) is 0 Å². The smallest absolute Gasteiger partial charge is 0.253 e. The number of hydrogen-bond donors (Lipinski definition) is 1. The average molecular weight is 230 g/mol. The van der Waals surface area contributed by atoms with Gasteiger partial charge in [-0.2, -0.15) is 0 Å². The van der Waals surface area contributed by atoms with Crippen LogP contribution >= 0.6 is 0 Å². The van der Waals surface area contributed by atoms with E-state index in [9.17, 15) is 9.59 Å². The number of nitrogens with zero attached hydrogens (tertiary/aromatic N) is 1. The zero-order valence-corrected chi connectivity index (χ0v) is 9.86. The van der Waals surface area contributed by atoms with E-state index in [1.165, 1.54) is 4.90 Å². The predicted molar refractivity (Wildman–Crippen MR) is 65.6 cm³/mol. The lowest BCUT2D eigenvalue weighted by Gasteiger charge is -2.10. The molecule has 0 aliphatic rings. The molecule has 0 saturated heterocycles. The van der Waals surface area contributed by atoms with Crippen LogP contribution in [0.2, 0.25) is 0 Å². The molecule has 0 saturated carbocycles. The molecule has 1 aromatic rings. The predicted octanol–water partition coefficient (Wildman–Crippen LogP) is 0.751. The van der Waals surface area contributed by atoms with Gasteiger partial charge < -0.3 is 10.2 Å². The van der Waals surface area contributed by atoms with E-state index in [0.29, 0.717) is 11.1 Å². The number of terminal acetylenes is 1. The van der Waals surface area contributed by atoms with E-state index in [4.69, 9.17) is 6.42 Å². The van der Waals surface area contributed by atoms with E-state index in [0.717, 1.165) is 0 Å². The van der Waals surface area contributed by atoms with Gasteiger partial charge in [0.2, 0.25) is 0 Å². The molecule has 2 amide bonds. The first-order valence-corrected chi connectivity index (χ1v) is 5.09. The van der Waals surface area contributed by atoms with Crippen LogP contribution in [0.3, 0.4) is 0 Å². The van der Waals surface area contributed by atoms with E-state index in [1.54, 1.807) is 38.4 Å². The second-order valence-corrected chi connectivity index (χ2v) is 3.67. The zero-order chi connectivity index (χ0) is 12.8. The van der Waals surface area contributed by atoms with Gasteiger partial charge in [-0.1, -0.05) is 12.0 Å². The highest BCUT2D eigenvalue weighted by Gasteiger charge is 2.11. The molecule has 0 aliphatic carbocycles. The molecule has 1 aromatic carbocycles. The molecule has 17 heavy (non-hydrogen) atoms. The number of carbonyl (C=O) groups excluding carboxylic acids is 2. The van der Waals surface area contributed by atoms with Gasteiger partial charge in [-0.05, 0) is 18.2 Å². The van der Waals surface area contributed by atoms with E-state index in [-0.39, 0.29) is 18.4 Å². The molecule has 0 radical (unpaired) electrons. The van der Waals surface area contributed by atoms with Gasteiger partial charge in [0.25, 0.3) is 11.8 Å². The van der Waals surface area contributed by atoms with Gasteiger partial charge in [-0.3, -0.25) is 9.59 Å². The SMILES string of the molecule is C#CCNC(=O)c1cccc(C(=O)N(C)C)c1. The van der Waals surface area contributed by atoms with E-state index in [1.807, 2.05) is 0 Å². The molecule has 0 atom stereocenters. The van der Waals surface area contributed by atoms with E-state index in [2.05, 4.69) is 11.2 Å². The standard InChI is InChI=1S/C13H14N2O2/c1-4-8-14-12(16)10-6-5-7-11(9-10)13(17)15(2)3/h1,5-7,9H,8H2,2-3H3,(H,14,16). The van der Waals surface area contributed by atoms with Crippen molar-refractivity contribution in [1.29, 1.82) is 0 Å². The van der Waals surface area contributed by atoms with Crippen molar-refractivity contribution in [3.05, 3.63) is 35.4 Å². The number of hydrogen-bond acceptors (Lipinski definition) is 2. The van der Waals surface area contributed by atoms with Gasteiger partial charge in [-0.25, -0.2) is 0 Å². The molecule has 0 bridgehead atoms. The van der Waals surface area contributed by atoms with Crippen LogP contribution < -0.4 is 5.32 Å². The summed E-state index contributed by atoms with van der Waals surface area (Å²) in [6.07, 6.45) is 5.05. The fourth-order valence-corrected chi connectivity index (χ4v) is 1.29. The highest BCUT2D eigenvalue weighted by molar-refractivity contribution is 5.99. The number of benzene rings is 1. The summed E-state index contributed by atoms with van der Waals surface area (Å²) in [5.41, 5.74) is 0.899. The Morgan fingerprint density at radius 3 is 2.59 bits per heavy atom. The van der Waals surface area contributed by atoms with Gasteiger partial charge >= 0.3 is 0 Å². The first-order chi connectivity index (χ1) is 8.06. The van der Waals surface area contributed by atoms with Crippen LogP contribution in [0.4, 0.5) is 0 Å². The summed E-state index contributed by atoms with van der Waals surface area (Å²) in [6, 6.07) is 6.52. The van der Waals surface area contributed by atoms with Crippen LogP contribution in [-0.4, -0.2) is 37.4 Å². The molecule has 0 aromatic heterocycles. The Kier molecular flexibility index (Phi) is 4.29. The lowest BCUT2D eigenvalue weighted by molar-refractivity contribution is 0.0827. The minimum atomic E-state index is -0.281. The van der Waals surface area contributed by atoms with Crippen molar-refractivity contribution in [2.75, 3.05) is 20.6 Å². The number of nitrogens with one attached hydrogen (secondary N) is 1. The minimum absolute atomic E-state index is 0.142. The van der Waals surface area contributed by atoms with Crippen LogP contribution in [-0.2, 0) is 0 Å². The lowest BCUT2D eigenvalue weighted by atomic mass is 10.1. The summed E-state index contributed by atoms with van der Waals surface area (Å²) in [6.45, 7) is 0.171. The highest BCUT2D eigenvalue weighted by Crippen LogP contribution is 2.07. The Morgan fingerprint density at radius 1 is 1.35 bits per heavy atom. The van der Waals surface area contributed by atoms with Crippen LogP contribution in [0, 0.1) is 12.3 Å². The maximum absolute atomic E-state index is 11.7. The van der Waals surface area contributed by atoms with Crippen molar-refractivity contribution in [2.24, 2.45) is 0 Å². The third-order valence-electron chi connectivity index (χ3n) is 2.13. The Morgan fingerprint density at radius 2 is 2.00 bits per heavy atom. The van der Waals surface area contributed by atoms with Crippen molar-refractivity contribution in [3.8, 4) is 12.3 Å². The van der Waals surface area contributed by atoms with Gasteiger partial charge in [0.1, 0.15) is 0 Å². The molecule has 0 heterocycles. The third-order valence-corrected chi connectivity index (χ3v) is 2.13. The monoisotopic (exact) mass is 230 g/mol. The minimum Gasteiger partial charge on any atom is -0.345 e. The fraction of sp³-hybridized carbons (Fsp3) is 0.231. The van der Waals surface area contributed by atoms with E-state index >= 15 is 0 Å². The average Bonchev–Trinajstić information content (AvgIpc) is 2.35. The molecule has 0 spiro atoms. The molecular weight excluding hydrogens is 216 g/mol. The fourth-order valence-electron chi connectivity index (χ4n) is 1.29. The van der Waals surface area contributed by atoms with Crippen molar-refractivity contribution in [3.63, 3.8) is 0 Å². The van der Waals surface area contributed by atoms with Crippen LogP contribution in [0.15, 0.2) is 24.3 Å². The Labute approximate surface area is 101 Å². The summed E-state index contributed by atoms with van der Waals surface area (Å²) >= 11 is 0. The summed E-state index contributed by atoms with van der Waals surface area (Å²) in [5.74, 6) is 1.89. The topological polar surface area (TPSA) is 49.4 Å². The van der Waals surface area contributed by atoms with Crippen LogP contribution in [0.1, 0.15) is 20.7 Å². The molecule has 1 rings (SSSR count).